The van der Waals surface area contributed by atoms with Crippen molar-refractivity contribution in [2.45, 2.75) is 89.8 Å². The predicted molar refractivity (Wildman–Crippen MR) is 194 cm³/mol. The van der Waals surface area contributed by atoms with E-state index < -0.39 is 12.1 Å². The summed E-state index contributed by atoms with van der Waals surface area (Å²) in [6, 6.07) is 24.5. The lowest BCUT2D eigenvalue weighted by Gasteiger charge is -2.44. The minimum atomic E-state index is -0.548. The molecule has 0 bridgehead atoms. The molecule has 10 nitrogen and oxygen atoms in total. The monoisotopic (exact) mass is 699 g/mol. The highest BCUT2D eigenvalue weighted by atomic mass is 16.7. The van der Waals surface area contributed by atoms with Gasteiger partial charge in [-0.05, 0) is 40.7 Å². The summed E-state index contributed by atoms with van der Waals surface area (Å²) in [5.74, 6) is -0.315. The van der Waals surface area contributed by atoms with Gasteiger partial charge in [0.25, 0.3) is 0 Å². The second kappa shape index (κ2) is 17.7. The second-order valence-corrected chi connectivity index (χ2v) is 14.1. The number of carbonyl (C=O) groups is 2. The SMILES string of the molecule is CC(=O)NCCCCCC(=O)NCc1ccccc1-c1ccc(C2OC(CN3CCC4(CC3)OCCO4)C(C)C(c3ccc(CO)cc3)O2)cc1. The van der Waals surface area contributed by atoms with Gasteiger partial charge in [0.1, 0.15) is 0 Å². The zero-order valence-corrected chi connectivity index (χ0v) is 30.0. The minimum absolute atomic E-state index is 0.00354. The third-order valence-corrected chi connectivity index (χ3v) is 10.4. The Balaban J connectivity index is 1.11. The van der Waals surface area contributed by atoms with Crippen molar-refractivity contribution in [1.29, 1.82) is 0 Å². The lowest BCUT2D eigenvalue weighted by Crippen LogP contribution is -2.50. The molecule has 0 aliphatic carbocycles. The van der Waals surface area contributed by atoms with Crippen molar-refractivity contribution in [2.75, 3.05) is 39.4 Å². The Morgan fingerprint density at radius 1 is 0.863 bits per heavy atom. The molecule has 4 unspecified atom stereocenters. The van der Waals surface area contributed by atoms with Gasteiger partial charge in [-0.2, -0.15) is 0 Å². The summed E-state index contributed by atoms with van der Waals surface area (Å²) in [6.45, 7) is 8.72. The quantitative estimate of drug-likeness (QED) is 0.181. The fourth-order valence-corrected chi connectivity index (χ4v) is 7.35. The molecular formula is C41H53N3O7. The van der Waals surface area contributed by atoms with Crippen molar-refractivity contribution < 1.29 is 33.6 Å². The molecule has 274 valence electrons. The van der Waals surface area contributed by atoms with Crippen molar-refractivity contribution in [1.82, 2.24) is 15.5 Å². The van der Waals surface area contributed by atoms with E-state index in [4.69, 9.17) is 18.9 Å². The summed E-state index contributed by atoms with van der Waals surface area (Å²) in [5.41, 5.74) is 6.05. The fourth-order valence-electron chi connectivity index (χ4n) is 7.35. The highest BCUT2D eigenvalue weighted by Crippen LogP contribution is 2.43. The number of likely N-dealkylation sites (tertiary alicyclic amines) is 1. The van der Waals surface area contributed by atoms with Gasteiger partial charge in [0.2, 0.25) is 11.8 Å². The van der Waals surface area contributed by atoms with Gasteiger partial charge in [0.05, 0.1) is 32.0 Å². The van der Waals surface area contributed by atoms with Crippen molar-refractivity contribution in [3.8, 4) is 11.1 Å². The maximum absolute atomic E-state index is 12.6. The van der Waals surface area contributed by atoms with Crippen LogP contribution in [0.15, 0.2) is 72.8 Å². The van der Waals surface area contributed by atoms with Crippen LogP contribution in [0, 0.1) is 5.92 Å². The van der Waals surface area contributed by atoms with Crippen LogP contribution < -0.4 is 10.6 Å². The van der Waals surface area contributed by atoms with Gasteiger partial charge in [0, 0.05) is 70.4 Å². The van der Waals surface area contributed by atoms with Crippen LogP contribution >= 0.6 is 0 Å². The number of carbonyl (C=O) groups excluding carboxylic acids is 2. The van der Waals surface area contributed by atoms with Crippen molar-refractivity contribution in [2.24, 2.45) is 5.92 Å². The van der Waals surface area contributed by atoms with E-state index in [1.807, 2.05) is 24.3 Å². The van der Waals surface area contributed by atoms with Crippen molar-refractivity contribution in [3.05, 3.63) is 95.1 Å². The normalized spacial score (nSPS) is 23.3. The maximum atomic E-state index is 12.6. The Labute approximate surface area is 301 Å². The van der Waals surface area contributed by atoms with Crippen LogP contribution in [0.4, 0.5) is 0 Å². The first-order valence-corrected chi connectivity index (χ1v) is 18.5. The summed E-state index contributed by atoms with van der Waals surface area (Å²) in [6.07, 6.45) is 3.93. The number of unbranched alkanes of at least 4 members (excludes halogenated alkanes) is 2. The van der Waals surface area contributed by atoms with E-state index in [0.717, 1.165) is 85.1 Å². The second-order valence-electron chi connectivity index (χ2n) is 14.1. The molecule has 0 saturated carbocycles. The molecule has 3 aromatic rings. The first-order valence-electron chi connectivity index (χ1n) is 18.5. The lowest BCUT2D eigenvalue weighted by molar-refractivity contribution is -0.278. The zero-order chi connectivity index (χ0) is 35.6. The number of benzene rings is 3. The van der Waals surface area contributed by atoms with E-state index in [1.54, 1.807) is 0 Å². The number of hydrogen-bond donors (Lipinski definition) is 3. The van der Waals surface area contributed by atoms with Crippen LogP contribution in [0.1, 0.15) is 87.0 Å². The maximum Gasteiger partial charge on any atom is 0.220 e. The molecular weight excluding hydrogens is 646 g/mol. The molecule has 0 aromatic heterocycles. The number of nitrogens with zero attached hydrogens (tertiary/aromatic N) is 1. The van der Waals surface area contributed by atoms with Crippen molar-refractivity contribution in [3.63, 3.8) is 0 Å². The number of aliphatic hydroxyl groups is 1. The van der Waals surface area contributed by atoms with Gasteiger partial charge in [-0.1, -0.05) is 86.1 Å². The van der Waals surface area contributed by atoms with Crippen LogP contribution in [-0.4, -0.2) is 73.1 Å². The van der Waals surface area contributed by atoms with Gasteiger partial charge in [0.15, 0.2) is 12.1 Å². The van der Waals surface area contributed by atoms with Gasteiger partial charge < -0.3 is 39.6 Å². The summed E-state index contributed by atoms with van der Waals surface area (Å²) in [7, 11) is 0. The van der Waals surface area contributed by atoms with Crippen molar-refractivity contribution >= 4 is 11.8 Å². The predicted octanol–water partition coefficient (Wildman–Crippen LogP) is 5.79. The summed E-state index contributed by atoms with van der Waals surface area (Å²) in [4.78, 5) is 26.1. The summed E-state index contributed by atoms with van der Waals surface area (Å²) < 4.78 is 25.4. The third kappa shape index (κ3) is 9.83. The van der Waals surface area contributed by atoms with E-state index >= 15 is 0 Å². The molecule has 3 fully saturated rings. The molecule has 3 aromatic carbocycles. The molecule has 3 saturated heterocycles. The van der Waals surface area contributed by atoms with Gasteiger partial charge in [-0.15, -0.1) is 0 Å². The number of ether oxygens (including phenoxy) is 4. The van der Waals surface area contributed by atoms with E-state index in [0.29, 0.717) is 32.7 Å². The fraction of sp³-hybridized carbons (Fsp3) is 0.512. The smallest absolute Gasteiger partial charge is 0.220 e. The van der Waals surface area contributed by atoms with E-state index in [9.17, 15) is 14.7 Å². The Morgan fingerprint density at radius 2 is 1.57 bits per heavy atom. The Morgan fingerprint density at radius 3 is 2.27 bits per heavy atom. The molecule has 3 heterocycles. The van der Waals surface area contributed by atoms with Gasteiger partial charge in [-0.25, -0.2) is 0 Å². The van der Waals surface area contributed by atoms with Crippen LogP contribution in [0.3, 0.4) is 0 Å². The topological polar surface area (TPSA) is 119 Å². The van der Waals surface area contributed by atoms with E-state index in [1.165, 1.54) is 6.92 Å². The number of aliphatic hydroxyl groups excluding tert-OH is 1. The molecule has 10 heteroatoms. The molecule has 4 atom stereocenters. The number of rotatable bonds is 14. The van der Waals surface area contributed by atoms with Crippen LogP contribution in [0.25, 0.3) is 11.1 Å². The zero-order valence-electron chi connectivity index (χ0n) is 30.0. The number of amides is 2. The van der Waals surface area contributed by atoms with Gasteiger partial charge in [-0.3, -0.25) is 9.59 Å². The molecule has 6 rings (SSSR count). The Bertz CT molecular complexity index is 1560. The highest BCUT2D eigenvalue weighted by Gasteiger charge is 2.43. The summed E-state index contributed by atoms with van der Waals surface area (Å²) in [5, 5.41) is 15.5. The van der Waals surface area contributed by atoms with E-state index in [-0.39, 0.29) is 36.5 Å². The first kappa shape index (κ1) is 37.1. The molecule has 3 aliphatic rings. The van der Waals surface area contributed by atoms with Gasteiger partial charge >= 0.3 is 0 Å². The first-order chi connectivity index (χ1) is 24.8. The number of hydrogen-bond acceptors (Lipinski definition) is 8. The largest absolute Gasteiger partial charge is 0.392 e. The molecule has 0 radical (unpaired) electrons. The standard InChI is InChI=1S/C41H53N3O7/c1-29-37(27-44-22-19-41(20-23-44)48-24-25-49-41)50-40(51-39(29)33-13-11-31(28-45)12-14-33)34-17-15-32(16-18-34)36-9-6-5-8-35(36)26-43-38(47)10-4-3-7-21-42-30(2)46/h5-6,8-9,11-18,29,37,39-40,45H,3-4,7,10,19-28H2,1-2H3,(H,42,46)(H,43,47). The van der Waals surface area contributed by atoms with Crippen LogP contribution in [0.5, 0.6) is 0 Å². The summed E-state index contributed by atoms with van der Waals surface area (Å²) >= 11 is 0. The molecule has 3 aliphatic heterocycles. The molecule has 51 heavy (non-hydrogen) atoms. The molecule has 1 spiro atoms. The minimum Gasteiger partial charge on any atom is -0.392 e. The third-order valence-electron chi connectivity index (χ3n) is 10.4. The average Bonchev–Trinajstić information content (AvgIpc) is 3.62. The highest BCUT2D eigenvalue weighted by molar-refractivity contribution is 5.76. The van der Waals surface area contributed by atoms with Crippen LogP contribution in [-0.2, 0) is 41.7 Å². The number of nitrogens with one attached hydrogen (secondary N) is 2. The van der Waals surface area contributed by atoms with Crippen LogP contribution in [0.2, 0.25) is 0 Å². The Kier molecular flexibility index (Phi) is 12.9. The van der Waals surface area contributed by atoms with E-state index in [2.05, 4.69) is 71.0 Å². The molecule has 3 N–H and O–H groups in total. The average molecular weight is 700 g/mol. The lowest BCUT2D eigenvalue weighted by atomic mass is 9.89. The number of piperidine rings is 1. The molecule has 2 amide bonds. The Hall–Kier alpha value is -3.64.